The van der Waals surface area contributed by atoms with Crippen molar-refractivity contribution in [3.8, 4) is 5.75 Å². The fraction of sp³-hybridized carbons (Fsp3) is 0.455. The van der Waals surface area contributed by atoms with Crippen LogP contribution >= 0.6 is 0 Å². The van der Waals surface area contributed by atoms with Crippen molar-refractivity contribution in [3.05, 3.63) is 24.0 Å². The highest BCUT2D eigenvalue weighted by Gasteiger charge is 2.32. The van der Waals surface area contributed by atoms with Crippen molar-refractivity contribution in [2.75, 3.05) is 13.2 Å². The van der Waals surface area contributed by atoms with Gasteiger partial charge in [-0.1, -0.05) is 0 Å². The number of aromatic hydroxyl groups is 1. The van der Waals surface area contributed by atoms with Gasteiger partial charge in [-0.15, -0.1) is 0 Å². The summed E-state index contributed by atoms with van der Waals surface area (Å²) in [6.45, 7) is 0.285. The van der Waals surface area contributed by atoms with Crippen LogP contribution < -0.4 is 0 Å². The second-order valence-electron chi connectivity index (χ2n) is 3.89. The third kappa shape index (κ3) is 2.30. The lowest BCUT2D eigenvalue weighted by atomic mass is 10.2. The van der Waals surface area contributed by atoms with Gasteiger partial charge in [-0.05, 0) is 18.9 Å². The highest BCUT2D eigenvalue weighted by molar-refractivity contribution is 5.94. The maximum atomic E-state index is 12.0. The predicted octanol–water partition coefficient (Wildman–Crippen LogP) is 0.384. The van der Waals surface area contributed by atoms with Gasteiger partial charge in [-0.25, -0.2) is 0 Å². The summed E-state index contributed by atoms with van der Waals surface area (Å²) in [4.78, 5) is 17.4. The van der Waals surface area contributed by atoms with E-state index in [2.05, 4.69) is 4.98 Å². The van der Waals surface area contributed by atoms with Gasteiger partial charge in [0, 0.05) is 18.8 Å². The highest BCUT2D eigenvalue weighted by atomic mass is 16.3. The van der Waals surface area contributed by atoms with Crippen LogP contribution in [-0.4, -0.2) is 45.2 Å². The van der Waals surface area contributed by atoms with Crippen LogP contribution in [0.2, 0.25) is 0 Å². The second-order valence-corrected chi connectivity index (χ2v) is 3.89. The molecule has 2 N–H and O–H groups in total. The topological polar surface area (TPSA) is 73.7 Å². The molecule has 0 aliphatic heterocycles. The Hall–Kier alpha value is -1.62. The van der Waals surface area contributed by atoms with Gasteiger partial charge in [-0.2, -0.15) is 0 Å². The first-order valence-corrected chi connectivity index (χ1v) is 5.28. The Kier molecular flexibility index (Phi) is 3.05. The second kappa shape index (κ2) is 4.49. The molecule has 1 amide bonds. The van der Waals surface area contributed by atoms with Crippen molar-refractivity contribution >= 4 is 5.91 Å². The Morgan fingerprint density at radius 3 is 2.81 bits per heavy atom. The van der Waals surface area contributed by atoms with Crippen LogP contribution in [-0.2, 0) is 0 Å². The Labute approximate surface area is 93.3 Å². The molecule has 16 heavy (non-hydrogen) atoms. The van der Waals surface area contributed by atoms with Gasteiger partial charge in [0.05, 0.1) is 18.4 Å². The van der Waals surface area contributed by atoms with E-state index in [-0.39, 0.29) is 24.3 Å². The summed E-state index contributed by atoms with van der Waals surface area (Å²) in [5.74, 6) is -0.203. The summed E-state index contributed by atoms with van der Waals surface area (Å²) in [5.41, 5.74) is 0.361. The molecule has 86 valence electrons. The number of aromatic nitrogens is 1. The van der Waals surface area contributed by atoms with Gasteiger partial charge < -0.3 is 15.1 Å². The standard InChI is InChI=1S/C11H14N2O3/c14-4-3-13(9-1-2-9)11(16)8-5-10(15)7-12-6-8/h5-7,9,14-15H,1-4H2. The average molecular weight is 222 g/mol. The molecule has 0 atom stereocenters. The van der Waals surface area contributed by atoms with Crippen molar-refractivity contribution in [2.24, 2.45) is 0 Å². The molecule has 0 bridgehead atoms. The maximum Gasteiger partial charge on any atom is 0.255 e. The fourth-order valence-electron chi connectivity index (χ4n) is 1.65. The van der Waals surface area contributed by atoms with E-state index in [1.807, 2.05) is 0 Å². The lowest BCUT2D eigenvalue weighted by Gasteiger charge is -2.21. The molecule has 1 fully saturated rings. The minimum absolute atomic E-state index is 0.0226. The zero-order valence-corrected chi connectivity index (χ0v) is 8.83. The van der Waals surface area contributed by atoms with E-state index >= 15 is 0 Å². The Morgan fingerprint density at radius 1 is 1.50 bits per heavy atom. The molecule has 1 saturated carbocycles. The molecule has 0 spiro atoms. The first-order chi connectivity index (χ1) is 7.72. The number of aliphatic hydroxyl groups excluding tert-OH is 1. The van der Waals surface area contributed by atoms with E-state index in [0.717, 1.165) is 12.8 Å². The molecular formula is C11H14N2O3. The molecule has 0 radical (unpaired) electrons. The van der Waals surface area contributed by atoms with E-state index < -0.39 is 0 Å². The molecule has 0 unspecified atom stereocenters. The third-order valence-electron chi connectivity index (χ3n) is 2.56. The number of amides is 1. The van der Waals surface area contributed by atoms with Crippen molar-refractivity contribution in [1.29, 1.82) is 0 Å². The van der Waals surface area contributed by atoms with Gasteiger partial charge in [0.1, 0.15) is 5.75 Å². The van der Waals surface area contributed by atoms with Crippen LogP contribution in [0, 0.1) is 0 Å². The summed E-state index contributed by atoms with van der Waals surface area (Å²) >= 11 is 0. The SMILES string of the molecule is O=C(c1cncc(O)c1)N(CCO)C1CC1. The number of carbonyl (C=O) groups is 1. The van der Waals surface area contributed by atoms with E-state index in [4.69, 9.17) is 5.11 Å². The van der Waals surface area contributed by atoms with Gasteiger partial charge in [0.2, 0.25) is 0 Å². The molecule has 0 aromatic carbocycles. The highest BCUT2D eigenvalue weighted by Crippen LogP contribution is 2.28. The number of nitrogens with zero attached hydrogens (tertiary/aromatic N) is 2. The Morgan fingerprint density at radius 2 is 2.25 bits per heavy atom. The largest absolute Gasteiger partial charge is 0.506 e. The minimum atomic E-state index is -0.181. The summed E-state index contributed by atoms with van der Waals surface area (Å²) in [6.07, 6.45) is 4.68. The number of rotatable bonds is 4. The fourth-order valence-corrected chi connectivity index (χ4v) is 1.65. The zero-order valence-electron chi connectivity index (χ0n) is 8.83. The summed E-state index contributed by atoms with van der Waals surface area (Å²) in [6, 6.07) is 1.63. The summed E-state index contributed by atoms with van der Waals surface area (Å²) in [5, 5.41) is 18.2. The molecule has 1 aromatic heterocycles. The molecule has 1 aliphatic rings. The quantitative estimate of drug-likeness (QED) is 0.772. The first kappa shape index (κ1) is 10.9. The van der Waals surface area contributed by atoms with E-state index in [9.17, 15) is 9.90 Å². The smallest absolute Gasteiger partial charge is 0.255 e. The number of carbonyl (C=O) groups excluding carboxylic acids is 1. The molecule has 1 aromatic rings. The van der Waals surface area contributed by atoms with E-state index in [1.54, 1.807) is 4.90 Å². The molecule has 5 nitrogen and oxygen atoms in total. The zero-order chi connectivity index (χ0) is 11.5. The van der Waals surface area contributed by atoms with E-state index in [0.29, 0.717) is 12.1 Å². The van der Waals surface area contributed by atoms with Crippen LogP contribution in [0.25, 0.3) is 0 Å². The van der Waals surface area contributed by atoms with Gasteiger partial charge >= 0.3 is 0 Å². The number of hydrogen-bond acceptors (Lipinski definition) is 4. The van der Waals surface area contributed by atoms with Crippen molar-refractivity contribution < 1.29 is 15.0 Å². The molecule has 1 aliphatic carbocycles. The lowest BCUT2D eigenvalue weighted by molar-refractivity contribution is 0.0707. The van der Waals surface area contributed by atoms with Crippen LogP contribution in [0.15, 0.2) is 18.5 Å². The Bertz CT molecular complexity index is 391. The number of pyridine rings is 1. The van der Waals surface area contributed by atoms with Crippen LogP contribution in [0.3, 0.4) is 0 Å². The van der Waals surface area contributed by atoms with E-state index in [1.165, 1.54) is 18.5 Å². The number of hydrogen-bond donors (Lipinski definition) is 2. The predicted molar refractivity (Wildman–Crippen MR) is 57.0 cm³/mol. The van der Waals surface area contributed by atoms with Crippen molar-refractivity contribution in [3.63, 3.8) is 0 Å². The van der Waals surface area contributed by atoms with Crippen LogP contribution in [0.4, 0.5) is 0 Å². The molecule has 0 saturated heterocycles. The van der Waals surface area contributed by atoms with Crippen LogP contribution in [0.5, 0.6) is 5.75 Å². The normalized spacial score (nSPS) is 14.8. The third-order valence-corrected chi connectivity index (χ3v) is 2.56. The molecule has 5 heteroatoms. The molecule has 2 rings (SSSR count). The van der Waals surface area contributed by atoms with Gasteiger partial charge in [0.25, 0.3) is 5.91 Å². The average Bonchev–Trinajstić information content (AvgIpc) is 3.09. The minimum Gasteiger partial charge on any atom is -0.506 e. The Balaban J connectivity index is 2.15. The van der Waals surface area contributed by atoms with Crippen molar-refractivity contribution in [2.45, 2.75) is 18.9 Å². The molecule has 1 heterocycles. The summed E-state index contributed by atoms with van der Waals surface area (Å²) < 4.78 is 0. The maximum absolute atomic E-state index is 12.0. The van der Waals surface area contributed by atoms with Crippen molar-refractivity contribution in [1.82, 2.24) is 9.88 Å². The number of aliphatic hydroxyl groups is 1. The van der Waals surface area contributed by atoms with Gasteiger partial charge in [0.15, 0.2) is 0 Å². The summed E-state index contributed by atoms with van der Waals surface area (Å²) in [7, 11) is 0. The lowest BCUT2D eigenvalue weighted by Crippen LogP contribution is -2.35. The van der Waals surface area contributed by atoms with Crippen LogP contribution in [0.1, 0.15) is 23.2 Å². The first-order valence-electron chi connectivity index (χ1n) is 5.28. The molecular weight excluding hydrogens is 208 g/mol. The monoisotopic (exact) mass is 222 g/mol. The van der Waals surface area contributed by atoms with Gasteiger partial charge in [-0.3, -0.25) is 9.78 Å².